The summed E-state index contributed by atoms with van der Waals surface area (Å²) in [5.74, 6) is 1.51. The fraction of sp³-hybridized carbons (Fsp3) is 0.769. The van der Waals surface area contributed by atoms with Gasteiger partial charge in [0, 0.05) is 11.1 Å². The molecule has 0 aliphatic carbocycles. The molecule has 0 saturated heterocycles. The van der Waals surface area contributed by atoms with E-state index in [2.05, 4.69) is 31.1 Å². The number of aromatic nitrogens is 1. The zero-order valence-electron chi connectivity index (χ0n) is 10.7. The Bertz CT molecular complexity index is 257. The van der Waals surface area contributed by atoms with Crippen LogP contribution in [0.25, 0.3) is 0 Å². The topological polar surface area (TPSA) is 24.9 Å². The summed E-state index contributed by atoms with van der Waals surface area (Å²) in [4.78, 5) is 5.56. The first-order valence-electron chi connectivity index (χ1n) is 6.30. The van der Waals surface area contributed by atoms with Gasteiger partial charge in [0.1, 0.15) is 0 Å². The summed E-state index contributed by atoms with van der Waals surface area (Å²) in [6.07, 6.45) is 5.77. The van der Waals surface area contributed by atoms with Crippen LogP contribution in [-0.4, -0.2) is 18.1 Å². The van der Waals surface area contributed by atoms with Crippen molar-refractivity contribution in [2.24, 2.45) is 11.8 Å². The van der Waals surface area contributed by atoms with Gasteiger partial charge in [0.2, 0.25) is 0 Å². The van der Waals surface area contributed by atoms with Crippen LogP contribution in [0.4, 0.5) is 0 Å². The fourth-order valence-corrected chi connectivity index (χ4v) is 2.60. The number of nitrogens with one attached hydrogen (secondary N) is 1. The number of thiazole rings is 1. The Kier molecular flexibility index (Phi) is 6.65. The molecule has 0 fully saturated rings. The van der Waals surface area contributed by atoms with Crippen LogP contribution in [0.15, 0.2) is 11.7 Å². The van der Waals surface area contributed by atoms with Crippen molar-refractivity contribution in [3.8, 4) is 0 Å². The van der Waals surface area contributed by atoms with Gasteiger partial charge in [0.25, 0.3) is 0 Å². The van der Waals surface area contributed by atoms with Crippen LogP contribution in [0.5, 0.6) is 0 Å². The molecule has 0 aromatic carbocycles. The Morgan fingerprint density at radius 1 is 1.38 bits per heavy atom. The molecule has 0 spiro atoms. The molecular formula is C13H24N2S. The molecule has 1 heterocycles. The molecule has 0 aliphatic rings. The van der Waals surface area contributed by atoms with Gasteiger partial charge in [-0.1, -0.05) is 27.2 Å². The number of nitrogens with zero attached hydrogens (tertiary/aromatic N) is 1. The maximum Gasteiger partial charge on any atom is 0.0794 e. The van der Waals surface area contributed by atoms with Gasteiger partial charge in [-0.15, -0.1) is 11.3 Å². The SMILES string of the molecule is CCCC(CNCC(C)C)Cc1cncs1. The van der Waals surface area contributed by atoms with Gasteiger partial charge < -0.3 is 5.32 Å². The van der Waals surface area contributed by atoms with Crippen LogP contribution in [-0.2, 0) is 6.42 Å². The monoisotopic (exact) mass is 240 g/mol. The molecule has 0 aliphatic heterocycles. The van der Waals surface area contributed by atoms with Gasteiger partial charge in [0.05, 0.1) is 5.51 Å². The molecular weight excluding hydrogens is 216 g/mol. The molecule has 1 rings (SSSR count). The molecule has 1 atom stereocenters. The second kappa shape index (κ2) is 7.80. The van der Waals surface area contributed by atoms with Gasteiger partial charge in [-0.25, -0.2) is 0 Å². The Hall–Kier alpha value is -0.410. The minimum absolute atomic E-state index is 0.741. The lowest BCUT2D eigenvalue weighted by Gasteiger charge is -2.16. The molecule has 0 bridgehead atoms. The van der Waals surface area contributed by atoms with Crippen molar-refractivity contribution in [3.05, 3.63) is 16.6 Å². The van der Waals surface area contributed by atoms with E-state index in [1.807, 2.05) is 11.7 Å². The van der Waals surface area contributed by atoms with Crippen molar-refractivity contribution in [2.75, 3.05) is 13.1 Å². The van der Waals surface area contributed by atoms with E-state index in [-0.39, 0.29) is 0 Å². The lowest BCUT2D eigenvalue weighted by molar-refractivity contribution is 0.423. The molecule has 2 nitrogen and oxygen atoms in total. The van der Waals surface area contributed by atoms with Gasteiger partial charge in [-0.05, 0) is 37.8 Å². The van der Waals surface area contributed by atoms with Crippen LogP contribution in [0.3, 0.4) is 0 Å². The highest BCUT2D eigenvalue weighted by Gasteiger charge is 2.09. The first-order valence-corrected chi connectivity index (χ1v) is 7.18. The minimum Gasteiger partial charge on any atom is -0.316 e. The maximum atomic E-state index is 4.14. The summed E-state index contributed by atoms with van der Waals surface area (Å²) in [5.41, 5.74) is 1.93. The van der Waals surface area contributed by atoms with E-state index >= 15 is 0 Å². The first-order chi connectivity index (χ1) is 7.72. The maximum absolute atomic E-state index is 4.14. The first kappa shape index (κ1) is 13.7. The molecule has 92 valence electrons. The average molecular weight is 240 g/mol. The average Bonchev–Trinajstić information content (AvgIpc) is 2.70. The molecule has 1 aromatic heterocycles. The quantitative estimate of drug-likeness (QED) is 0.754. The van der Waals surface area contributed by atoms with Gasteiger partial charge in [0.15, 0.2) is 0 Å². The van der Waals surface area contributed by atoms with E-state index in [1.54, 1.807) is 11.3 Å². The second-order valence-corrected chi connectivity index (χ2v) is 5.85. The Morgan fingerprint density at radius 2 is 2.19 bits per heavy atom. The molecule has 0 radical (unpaired) electrons. The third-order valence-electron chi connectivity index (χ3n) is 2.66. The van der Waals surface area contributed by atoms with Crippen molar-refractivity contribution < 1.29 is 0 Å². The largest absolute Gasteiger partial charge is 0.316 e. The Balaban J connectivity index is 2.29. The molecule has 0 amide bonds. The molecule has 3 heteroatoms. The van der Waals surface area contributed by atoms with Crippen molar-refractivity contribution in [3.63, 3.8) is 0 Å². The molecule has 1 unspecified atom stereocenters. The molecule has 0 saturated carbocycles. The highest BCUT2D eigenvalue weighted by atomic mass is 32.1. The van der Waals surface area contributed by atoms with E-state index in [0.717, 1.165) is 24.9 Å². The molecule has 1 N–H and O–H groups in total. The number of rotatable bonds is 8. The number of hydrogen-bond donors (Lipinski definition) is 1. The smallest absolute Gasteiger partial charge is 0.0794 e. The Labute approximate surface area is 103 Å². The summed E-state index contributed by atoms with van der Waals surface area (Å²) in [6.45, 7) is 9.05. The fourth-order valence-electron chi connectivity index (χ4n) is 1.89. The summed E-state index contributed by atoms with van der Waals surface area (Å²) in [7, 11) is 0. The van der Waals surface area contributed by atoms with Crippen LogP contribution in [0, 0.1) is 11.8 Å². The Morgan fingerprint density at radius 3 is 2.75 bits per heavy atom. The van der Waals surface area contributed by atoms with Gasteiger partial charge >= 0.3 is 0 Å². The van der Waals surface area contributed by atoms with Crippen LogP contribution in [0.1, 0.15) is 38.5 Å². The highest BCUT2D eigenvalue weighted by molar-refractivity contribution is 7.09. The van der Waals surface area contributed by atoms with Gasteiger partial charge in [-0.3, -0.25) is 4.98 Å². The van der Waals surface area contributed by atoms with E-state index in [1.165, 1.54) is 24.1 Å². The van der Waals surface area contributed by atoms with Crippen LogP contribution >= 0.6 is 11.3 Å². The minimum atomic E-state index is 0.741. The summed E-state index contributed by atoms with van der Waals surface area (Å²) in [6, 6.07) is 0. The van der Waals surface area contributed by atoms with Crippen molar-refractivity contribution in [2.45, 2.75) is 40.0 Å². The van der Waals surface area contributed by atoms with Gasteiger partial charge in [-0.2, -0.15) is 0 Å². The standard InChI is InChI=1S/C13H24N2S/c1-4-5-12(8-14-7-11(2)3)6-13-9-15-10-16-13/h9-12,14H,4-8H2,1-3H3. The van der Waals surface area contributed by atoms with E-state index in [0.29, 0.717) is 0 Å². The lowest BCUT2D eigenvalue weighted by atomic mass is 9.99. The van der Waals surface area contributed by atoms with E-state index in [4.69, 9.17) is 0 Å². The zero-order chi connectivity index (χ0) is 11.8. The predicted octanol–water partition coefficient (Wildman–Crippen LogP) is 3.35. The summed E-state index contributed by atoms with van der Waals surface area (Å²) >= 11 is 1.78. The second-order valence-electron chi connectivity index (χ2n) is 4.88. The zero-order valence-corrected chi connectivity index (χ0v) is 11.5. The highest BCUT2D eigenvalue weighted by Crippen LogP contribution is 2.16. The van der Waals surface area contributed by atoms with Crippen LogP contribution < -0.4 is 5.32 Å². The summed E-state index contributed by atoms with van der Waals surface area (Å²) in [5, 5.41) is 3.57. The third-order valence-corrected chi connectivity index (χ3v) is 3.46. The van der Waals surface area contributed by atoms with Crippen molar-refractivity contribution in [1.82, 2.24) is 10.3 Å². The van der Waals surface area contributed by atoms with E-state index < -0.39 is 0 Å². The lowest BCUT2D eigenvalue weighted by Crippen LogP contribution is -2.27. The molecule has 1 aromatic rings. The van der Waals surface area contributed by atoms with Crippen molar-refractivity contribution in [1.29, 1.82) is 0 Å². The van der Waals surface area contributed by atoms with E-state index in [9.17, 15) is 0 Å². The predicted molar refractivity (Wildman–Crippen MR) is 71.9 cm³/mol. The summed E-state index contributed by atoms with van der Waals surface area (Å²) < 4.78 is 0. The van der Waals surface area contributed by atoms with Crippen molar-refractivity contribution >= 4 is 11.3 Å². The molecule has 16 heavy (non-hydrogen) atoms. The normalized spacial score (nSPS) is 13.2. The number of hydrogen-bond acceptors (Lipinski definition) is 3. The third kappa shape index (κ3) is 5.61. The van der Waals surface area contributed by atoms with Crippen LogP contribution in [0.2, 0.25) is 0 Å².